The highest BCUT2D eigenvalue weighted by Gasteiger charge is 2.31. The standard InChI is InChI=1S/C31H27ClN2O5/c1-19-7-3-4-8-23(19)29(35)33-22-12-13-24(20(2)17-22)30(36)34-15-5-9-27(25-18-21(32)11-14-26(25)34)39-31(37)28-10-6-16-38-28/h3-4,6-8,10-14,16-18,27H,5,9,15H2,1-2H3,(H,33,35). The lowest BCUT2D eigenvalue weighted by Gasteiger charge is -2.25. The van der Waals surface area contributed by atoms with Crippen molar-refractivity contribution in [2.75, 3.05) is 16.8 Å². The Morgan fingerprint density at radius 2 is 1.77 bits per heavy atom. The normalized spacial score (nSPS) is 14.7. The fraction of sp³-hybridized carbons (Fsp3) is 0.194. The lowest BCUT2D eigenvalue weighted by molar-refractivity contribution is 0.0243. The number of benzene rings is 3. The van der Waals surface area contributed by atoms with Gasteiger partial charge in [-0.25, -0.2) is 4.79 Å². The van der Waals surface area contributed by atoms with E-state index in [2.05, 4.69) is 5.32 Å². The molecule has 0 saturated heterocycles. The van der Waals surface area contributed by atoms with E-state index in [1.165, 1.54) is 6.26 Å². The zero-order valence-corrected chi connectivity index (χ0v) is 22.3. The molecule has 0 bridgehead atoms. The number of furan rings is 1. The van der Waals surface area contributed by atoms with Crippen LogP contribution in [0.4, 0.5) is 11.4 Å². The molecular formula is C31H27ClN2O5. The summed E-state index contributed by atoms with van der Waals surface area (Å²) in [4.78, 5) is 40.9. The molecule has 1 atom stereocenters. The van der Waals surface area contributed by atoms with Crippen molar-refractivity contribution in [3.05, 3.63) is 118 Å². The van der Waals surface area contributed by atoms with Gasteiger partial charge < -0.3 is 19.4 Å². The van der Waals surface area contributed by atoms with E-state index in [-0.39, 0.29) is 17.6 Å². The molecule has 4 aromatic rings. The Labute approximate surface area is 231 Å². The van der Waals surface area contributed by atoms with Crippen LogP contribution < -0.4 is 10.2 Å². The van der Waals surface area contributed by atoms with Crippen LogP contribution in [0, 0.1) is 13.8 Å². The fourth-order valence-corrected chi connectivity index (χ4v) is 4.99. The molecule has 1 unspecified atom stereocenters. The minimum atomic E-state index is -0.589. The average Bonchev–Trinajstić information content (AvgIpc) is 3.40. The molecule has 7 nitrogen and oxygen atoms in total. The molecule has 5 rings (SSSR count). The van der Waals surface area contributed by atoms with Gasteiger partial charge in [0.05, 0.1) is 12.0 Å². The maximum Gasteiger partial charge on any atom is 0.374 e. The van der Waals surface area contributed by atoms with Crippen molar-refractivity contribution in [2.24, 2.45) is 0 Å². The first-order chi connectivity index (χ1) is 18.8. The number of carbonyl (C=O) groups excluding carboxylic acids is 3. The van der Waals surface area contributed by atoms with Crippen molar-refractivity contribution in [3.8, 4) is 0 Å². The van der Waals surface area contributed by atoms with Crippen LogP contribution in [0.5, 0.6) is 0 Å². The molecule has 198 valence electrons. The number of nitrogens with one attached hydrogen (secondary N) is 1. The molecular weight excluding hydrogens is 516 g/mol. The summed E-state index contributed by atoms with van der Waals surface area (Å²) in [6.07, 6.45) is 1.95. The van der Waals surface area contributed by atoms with Crippen LogP contribution in [0.3, 0.4) is 0 Å². The summed E-state index contributed by atoms with van der Waals surface area (Å²) >= 11 is 6.32. The second-order valence-electron chi connectivity index (χ2n) is 9.47. The third-order valence-electron chi connectivity index (χ3n) is 6.80. The van der Waals surface area contributed by atoms with Gasteiger partial charge in [0.1, 0.15) is 6.10 Å². The summed E-state index contributed by atoms with van der Waals surface area (Å²) in [5, 5.41) is 3.40. The highest BCUT2D eigenvalue weighted by molar-refractivity contribution is 6.30. The van der Waals surface area contributed by atoms with Crippen molar-refractivity contribution in [2.45, 2.75) is 32.8 Å². The SMILES string of the molecule is Cc1ccccc1C(=O)Nc1ccc(C(=O)N2CCCC(OC(=O)c3ccco3)c3cc(Cl)ccc32)c(C)c1. The van der Waals surface area contributed by atoms with Gasteiger partial charge >= 0.3 is 5.97 Å². The number of halogens is 1. The Bertz CT molecular complexity index is 1550. The summed E-state index contributed by atoms with van der Waals surface area (Å²) < 4.78 is 11.0. The zero-order valence-electron chi connectivity index (χ0n) is 21.6. The Kier molecular flexibility index (Phi) is 7.52. The topological polar surface area (TPSA) is 88.9 Å². The van der Waals surface area contributed by atoms with Crippen LogP contribution in [0.25, 0.3) is 0 Å². The number of anilines is 2. The van der Waals surface area contributed by atoms with Crippen LogP contribution in [-0.4, -0.2) is 24.3 Å². The Morgan fingerprint density at radius 3 is 2.51 bits per heavy atom. The quantitative estimate of drug-likeness (QED) is 0.271. The zero-order chi connectivity index (χ0) is 27.5. The minimum Gasteiger partial charge on any atom is -0.457 e. The van der Waals surface area contributed by atoms with Crippen molar-refractivity contribution in [3.63, 3.8) is 0 Å². The van der Waals surface area contributed by atoms with Crippen molar-refractivity contribution < 1.29 is 23.5 Å². The summed E-state index contributed by atoms with van der Waals surface area (Å²) in [7, 11) is 0. The maximum atomic E-state index is 13.8. The first kappa shape index (κ1) is 26.3. The fourth-order valence-electron chi connectivity index (χ4n) is 4.81. The van der Waals surface area contributed by atoms with Crippen molar-refractivity contribution >= 4 is 40.8 Å². The van der Waals surface area contributed by atoms with Crippen LogP contribution in [0.15, 0.2) is 83.5 Å². The van der Waals surface area contributed by atoms with Crippen molar-refractivity contribution in [1.82, 2.24) is 0 Å². The number of fused-ring (bicyclic) bond motifs is 1. The van der Waals surface area contributed by atoms with Crippen LogP contribution in [0.2, 0.25) is 5.02 Å². The number of esters is 1. The molecule has 0 spiro atoms. The van der Waals surface area contributed by atoms with Gasteiger partial charge in [-0.3, -0.25) is 9.59 Å². The molecule has 1 aromatic heterocycles. The maximum absolute atomic E-state index is 13.8. The summed E-state index contributed by atoms with van der Waals surface area (Å²) in [6, 6.07) is 21.0. The molecule has 39 heavy (non-hydrogen) atoms. The van der Waals surface area contributed by atoms with Gasteiger partial charge in [-0.15, -0.1) is 0 Å². The largest absolute Gasteiger partial charge is 0.457 e. The van der Waals surface area contributed by atoms with Gasteiger partial charge in [-0.05, 0) is 92.4 Å². The van der Waals surface area contributed by atoms with Gasteiger partial charge in [-0.2, -0.15) is 0 Å². The van der Waals surface area contributed by atoms with Gasteiger partial charge in [0.15, 0.2) is 0 Å². The number of hydrogen-bond donors (Lipinski definition) is 1. The molecule has 2 heterocycles. The number of ether oxygens (including phenoxy) is 1. The molecule has 2 amide bonds. The van der Waals surface area contributed by atoms with Gasteiger partial charge in [-0.1, -0.05) is 29.8 Å². The van der Waals surface area contributed by atoms with E-state index >= 15 is 0 Å². The first-order valence-corrected chi connectivity index (χ1v) is 13.0. The minimum absolute atomic E-state index is 0.112. The lowest BCUT2D eigenvalue weighted by atomic mass is 10.0. The van der Waals surface area contributed by atoms with Gasteiger partial charge in [0.2, 0.25) is 5.76 Å². The molecule has 0 aliphatic carbocycles. The lowest BCUT2D eigenvalue weighted by Crippen LogP contribution is -2.32. The van der Waals surface area contributed by atoms with Crippen LogP contribution in [-0.2, 0) is 4.74 Å². The van der Waals surface area contributed by atoms with E-state index in [1.54, 1.807) is 59.5 Å². The second kappa shape index (κ2) is 11.2. The van der Waals surface area contributed by atoms with E-state index in [9.17, 15) is 14.4 Å². The van der Waals surface area contributed by atoms with E-state index in [1.807, 2.05) is 32.0 Å². The predicted octanol–water partition coefficient (Wildman–Crippen LogP) is 7.14. The monoisotopic (exact) mass is 542 g/mol. The molecule has 0 saturated carbocycles. The van der Waals surface area contributed by atoms with Gasteiger partial charge in [0.25, 0.3) is 11.8 Å². The average molecular weight is 543 g/mol. The van der Waals surface area contributed by atoms with E-state index in [0.717, 1.165) is 11.1 Å². The Hall–Kier alpha value is -4.36. The third-order valence-corrected chi connectivity index (χ3v) is 7.03. The highest BCUT2D eigenvalue weighted by atomic mass is 35.5. The van der Waals surface area contributed by atoms with Crippen LogP contribution in [0.1, 0.15) is 66.9 Å². The molecule has 8 heteroatoms. The predicted molar refractivity (Wildman–Crippen MR) is 150 cm³/mol. The van der Waals surface area contributed by atoms with Crippen molar-refractivity contribution in [1.29, 1.82) is 0 Å². The van der Waals surface area contributed by atoms with E-state index in [4.69, 9.17) is 20.8 Å². The Morgan fingerprint density at radius 1 is 0.949 bits per heavy atom. The van der Waals surface area contributed by atoms with Crippen LogP contribution >= 0.6 is 11.6 Å². The molecule has 1 aliphatic heterocycles. The highest BCUT2D eigenvalue weighted by Crippen LogP contribution is 2.38. The number of aryl methyl sites for hydroxylation is 2. The summed E-state index contributed by atoms with van der Waals surface area (Å²) in [6.45, 7) is 4.16. The van der Waals surface area contributed by atoms with E-state index < -0.39 is 12.1 Å². The summed E-state index contributed by atoms with van der Waals surface area (Å²) in [5.74, 6) is -0.859. The molecule has 1 N–H and O–H groups in total. The third kappa shape index (κ3) is 5.59. The number of amides is 2. The molecule has 0 fully saturated rings. The number of nitrogens with zero attached hydrogens (tertiary/aromatic N) is 1. The van der Waals surface area contributed by atoms with Gasteiger partial charge in [0, 0.05) is 33.9 Å². The number of hydrogen-bond acceptors (Lipinski definition) is 5. The second-order valence-corrected chi connectivity index (χ2v) is 9.91. The van der Waals surface area contributed by atoms with E-state index in [0.29, 0.717) is 52.5 Å². The first-order valence-electron chi connectivity index (χ1n) is 12.7. The smallest absolute Gasteiger partial charge is 0.374 e. The number of carbonyl (C=O) groups is 3. The number of rotatable bonds is 5. The Balaban J connectivity index is 1.39. The summed E-state index contributed by atoms with van der Waals surface area (Å²) in [5.41, 5.74) is 4.61. The molecule has 1 aliphatic rings. The molecule has 3 aromatic carbocycles. The molecule has 0 radical (unpaired) electrons.